The van der Waals surface area contributed by atoms with Crippen molar-refractivity contribution in [2.24, 2.45) is 0 Å². The van der Waals surface area contributed by atoms with E-state index in [4.69, 9.17) is 5.11 Å². The van der Waals surface area contributed by atoms with Crippen molar-refractivity contribution in [2.45, 2.75) is 38.5 Å². The lowest BCUT2D eigenvalue weighted by atomic mass is 10.1. The molecule has 0 aliphatic heterocycles. The molecule has 0 saturated carbocycles. The monoisotopic (exact) mass is 254 g/mol. The van der Waals surface area contributed by atoms with Gasteiger partial charge in [0.05, 0.1) is 7.11 Å². The fourth-order valence-corrected chi connectivity index (χ4v) is 1.76. The lowest BCUT2D eigenvalue weighted by Crippen LogP contribution is -1.99. The average molecular weight is 254 g/mol. The first kappa shape index (κ1) is 14.5. The van der Waals surface area contributed by atoms with Gasteiger partial charge in [0.15, 0.2) is 11.6 Å². The van der Waals surface area contributed by atoms with Gasteiger partial charge < -0.3 is 9.84 Å². The first-order chi connectivity index (χ1) is 8.63. The molecule has 0 heterocycles. The van der Waals surface area contributed by atoms with Crippen LogP contribution in [-0.4, -0.2) is 18.2 Å². The molecule has 1 aromatic carbocycles. The molecule has 0 saturated heterocycles. The Balaban J connectivity index is 2.14. The van der Waals surface area contributed by atoms with Gasteiger partial charge in [-0.05, 0) is 37.0 Å². The Kier molecular flexibility index (Phi) is 6.19. The third-order valence-corrected chi connectivity index (χ3v) is 2.84. The first-order valence-corrected chi connectivity index (χ1v) is 6.17. The molecule has 0 atom stereocenters. The number of halogens is 1. The molecule has 0 aromatic heterocycles. The molecule has 0 amide bonds. The van der Waals surface area contributed by atoms with Crippen molar-refractivity contribution in [1.29, 1.82) is 0 Å². The second kappa shape index (κ2) is 7.69. The van der Waals surface area contributed by atoms with Crippen molar-refractivity contribution in [3.8, 4) is 5.75 Å². The third-order valence-electron chi connectivity index (χ3n) is 2.84. The van der Waals surface area contributed by atoms with E-state index in [0.717, 1.165) is 37.7 Å². The number of aromatic hydroxyl groups is 1. The molecule has 1 N–H and O–H groups in total. The fraction of sp³-hybridized carbons (Fsp3) is 0.500. The van der Waals surface area contributed by atoms with E-state index in [1.54, 1.807) is 6.07 Å². The van der Waals surface area contributed by atoms with E-state index in [0.29, 0.717) is 6.42 Å². The molecule has 0 bridgehead atoms. The summed E-state index contributed by atoms with van der Waals surface area (Å²) in [6, 6.07) is 4.47. The number of aryl methyl sites for hydroxylation is 1. The molecule has 100 valence electrons. The first-order valence-electron chi connectivity index (χ1n) is 6.17. The molecule has 1 rings (SSSR count). The molecular weight excluding hydrogens is 235 g/mol. The smallest absolute Gasteiger partial charge is 0.305 e. The molecule has 4 heteroatoms. The summed E-state index contributed by atoms with van der Waals surface area (Å²) in [5.74, 6) is -1.05. The van der Waals surface area contributed by atoms with Crippen LogP contribution in [0.3, 0.4) is 0 Å². The van der Waals surface area contributed by atoms with Gasteiger partial charge in [-0.15, -0.1) is 0 Å². The predicted octanol–water partition coefficient (Wildman–Crippen LogP) is 3.20. The maximum Gasteiger partial charge on any atom is 0.305 e. The van der Waals surface area contributed by atoms with Gasteiger partial charge in [0, 0.05) is 6.42 Å². The van der Waals surface area contributed by atoms with Gasteiger partial charge in [-0.1, -0.05) is 18.9 Å². The third kappa shape index (κ3) is 5.17. The van der Waals surface area contributed by atoms with Crippen LogP contribution in [0.15, 0.2) is 18.2 Å². The van der Waals surface area contributed by atoms with Crippen LogP contribution in [-0.2, 0) is 16.0 Å². The van der Waals surface area contributed by atoms with E-state index in [2.05, 4.69) is 4.74 Å². The zero-order valence-electron chi connectivity index (χ0n) is 10.6. The van der Waals surface area contributed by atoms with Crippen molar-refractivity contribution in [2.75, 3.05) is 7.11 Å². The number of methoxy groups -OCH3 is 1. The van der Waals surface area contributed by atoms with Crippen molar-refractivity contribution in [3.63, 3.8) is 0 Å². The van der Waals surface area contributed by atoms with Crippen molar-refractivity contribution < 1.29 is 19.0 Å². The fourth-order valence-electron chi connectivity index (χ4n) is 1.76. The molecule has 0 radical (unpaired) electrons. The van der Waals surface area contributed by atoms with Crippen LogP contribution in [0.2, 0.25) is 0 Å². The number of unbranched alkanes of at least 4 members (excludes halogenated alkanes) is 3. The Morgan fingerprint density at radius 2 is 2.00 bits per heavy atom. The van der Waals surface area contributed by atoms with E-state index in [9.17, 15) is 9.18 Å². The quantitative estimate of drug-likeness (QED) is 0.600. The number of carbonyl (C=O) groups is 1. The Bertz CT molecular complexity index is 391. The van der Waals surface area contributed by atoms with Gasteiger partial charge in [0.2, 0.25) is 0 Å². The molecule has 0 spiro atoms. The Morgan fingerprint density at radius 3 is 2.67 bits per heavy atom. The highest BCUT2D eigenvalue weighted by atomic mass is 19.1. The summed E-state index contributed by atoms with van der Waals surface area (Å²) in [6.45, 7) is 0. The summed E-state index contributed by atoms with van der Waals surface area (Å²) in [5, 5.41) is 9.04. The van der Waals surface area contributed by atoms with E-state index in [1.165, 1.54) is 19.2 Å². The number of rotatable bonds is 7. The maximum absolute atomic E-state index is 13.0. The van der Waals surface area contributed by atoms with E-state index in [1.807, 2.05) is 0 Å². The van der Waals surface area contributed by atoms with Crippen LogP contribution in [0.4, 0.5) is 4.39 Å². The Hall–Kier alpha value is -1.58. The Morgan fingerprint density at radius 1 is 1.28 bits per heavy atom. The topological polar surface area (TPSA) is 46.5 Å². The SMILES string of the molecule is COC(=O)CCCCCCc1ccc(O)c(F)c1. The lowest BCUT2D eigenvalue weighted by molar-refractivity contribution is -0.140. The highest BCUT2D eigenvalue weighted by Gasteiger charge is 2.02. The van der Waals surface area contributed by atoms with Gasteiger partial charge in [-0.3, -0.25) is 4.79 Å². The van der Waals surface area contributed by atoms with E-state index in [-0.39, 0.29) is 11.7 Å². The number of benzene rings is 1. The summed E-state index contributed by atoms with van der Waals surface area (Å²) in [6.07, 6.45) is 5.00. The molecule has 0 fully saturated rings. The van der Waals surface area contributed by atoms with Gasteiger partial charge in [-0.2, -0.15) is 0 Å². The van der Waals surface area contributed by atoms with Crippen molar-refractivity contribution in [1.82, 2.24) is 0 Å². The van der Waals surface area contributed by atoms with Crippen LogP contribution >= 0.6 is 0 Å². The average Bonchev–Trinajstić information content (AvgIpc) is 2.37. The van der Waals surface area contributed by atoms with Gasteiger partial charge in [0.25, 0.3) is 0 Å². The number of phenols is 1. The molecule has 3 nitrogen and oxygen atoms in total. The van der Waals surface area contributed by atoms with Crippen LogP contribution in [0.25, 0.3) is 0 Å². The van der Waals surface area contributed by atoms with Gasteiger partial charge in [0.1, 0.15) is 0 Å². The number of esters is 1. The minimum Gasteiger partial charge on any atom is -0.505 e. The second-order valence-electron chi connectivity index (χ2n) is 4.28. The summed E-state index contributed by atoms with van der Waals surface area (Å²) in [7, 11) is 1.39. The minimum atomic E-state index is -0.571. The van der Waals surface area contributed by atoms with Crippen LogP contribution in [0.1, 0.15) is 37.7 Å². The van der Waals surface area contributed by atoms with Crippen LogP contribution < -0.4 is 0 Å². The number of hydrogen-bond donors (Lipinski definition) is 1. The van der Waals surface area contributed by atoms with Crippen LogP contribution in [0, 0.1) is 5.82 Å². The number of carbonyl (C=O) groups excluding carboxylic acids is 1. The maximum atomic E-state index is 13.0. The zero-order valence-corrected chi connectivity index (χ0v) is 10.6. The lowest BCUT2D eigenvalue weighted by Gasteiger charge is -2.03. The highest BCUT2D eigenvalue weighted by Crippen LogP contribution is 2.18. The molecule has 0 aliphatic rings. The largest absolute Gasteiger partial charge is 0.505 e. The summed E-state index contributed by atoms with van der Waals surface area (Å²) in [4.78, 5) is 10.8. The van der Waals surface area contributed by atoms with Crippen molar-refractivity contribution in [3.05, 3.63) is 29.6 Å². The predicted molar refractivity (Wildman–Crippen MR) is 66.9 cm³/mol. The molecule has 18 heavy (non-hydrogen) atoms. The molecule has 0 unspecified atom stereocenters. The standard InChI is InChI=1S/C14H19FO3/c1-18-14(17)7-5-3-2-4-6-11-8-9-13(16)12(15)10-11/h8-10,16H,2-7H2,1H3. The minimum absolute atomic E-state index is 0.171. The van der Waals surface area contributed by atoms with Gasteiger partial charge >= 0.3 is 5.97 Å². The zero-order chi connectivity index (χ0) is 13.4. The van der Waals surface area contributed by atoms with Crippen molar-refractivity contribution >= 4 is 5.97 Å². The molecule has 1 aromatic rings. The van der Waals surface area contributed by atoms with E-state index >= 15 is 0 Å². The highest BCUT2D eigenvalue weighted by molar-refractivity contribution is 5.68. The van der Waals surface area contributed by atoms with Crippen LogP contribution in [0.5, 0.6) is 5.75 Å². The normalized spacial score (nSPS) is 10.3. The second-order valence-corrected chi connectivity index (χ2v) is 4.28. The molecule has 0 aliphatic carbocycles. The summed E-state index contributed by atoms with van der Waals surface area (Å²) < 4.78 is 17.6. The van der Waals surface area contributed by atoms with E-state index < -0.39 is 5.82 Å². The van der Waals surface area contributed by atoms with Gasteiger partial charge in [-0.25, -0.2) is 4.39 Å². The number of hydrogen-bond acceptors (Lipinski definition) is 3. The summed E-state index contributed by atoms with van der Waals surface area (Å²) in [5.41, 5.74) is 0.887. The number of ether oxygens (including phenoxy) is 1. The molecular formula is C14H19FO3. The number of phenolic OH excluding ortho intramolecular Hbond substituents is 1. The Labute approximate surface area is 107 Å². The summed E-state index contributed by atoms with van der Waals surface area (Å²) >= 11 is 0.